The Hall–Kier alpha value is -1.62. The third-order valence-corrected chi connectivity index (χ3v) is 4.77. The van der Waals surface area contributed by atoms with Crippen LogP contribution >= 0.6 is 0 Å². The van der Waals surface area contributed by atoms with Crippen molar-refractivity contribution in [3.8, 4) is 0 Å². The number of aromatic nitrogens is 1. The van der Waals surface area contributed by atoms with Crippen molar-refractivity contribution in [2.75, 3.05) is 38.3 Å². The van der Waals surface area contributed by atoms with Gasteiger partial charge in [-0.05, 0) is 25.0 Å². The molecule has 0 radical (unpaired) electrons. The van der Waals surface area contributed by atoms with E-state index in [0.717, 1.165) is 37.3 Å². The second-order valence-electron chi connectivity index (χ2n) is 6.18. The highest BCUT2D eigenvalue weighted by atomic mass is 16.5. The van der Waals surface area contributed by atoms with E-state index in [1.165, 1.54) is 19.3 Å². The Morgan fingerprint density at radius 2 is 2.00 bits per heavy atom. The van der Waals surface area contributed by atoms with Crippen LogP contribution in [0.5, 0.6) is 0 Å². The predicted octanol–water partition coefficient (Wildman–Crippen LogP) is 2.32. The summed E-state index contributed by atoms with van der Waals surface area (Å²) < 4.78 is 5.40. The second kappa shape index (κ2) is 7.09. The number of carbonyl (C=O) groups excluding carboxylic acids is 1. The number of ether oxygens (including phenoxy) is 1. The van der Waals surface area contributed by atoms with Crippen LogP contribution in [0.25, 0.3) is 0 Å². The smallest absolute Gasteiger partial charge is 0.257 e. The fraction of sp³-hybridized carbons (Fsp3) is 0.647. The lowest BCUT2D eigenvalue weighted by Crippen LogP contribution is -2.41. The Balaban J connectivity index is 1.79. The van der Waals surface area contributed by atoms with Gasteiger partial charge in [-0.25, -0.2) is 4.98 Å². The highest BCUT2D eigenvalue weighted by Crippen LogP contribution is 2.25. The van der Waals surface area contributed by atoms with Crippen LogP contribution in [0.4, 0.5) is 5.82 Å². The molecule has 5 heteroatoms. The van der Waals surface area contributed by atoms with Gasteiger partial charge in [0.2, 0.25) is 0 Å². The lowest BCUT2D eigenvalue weighted by atomic mass is 9.94. The van der Waals surface area contributed by atoms with Gasteiger partial charge in [0.1, 0.15) is 5.82 Å². The molecule has 1 saturated heterocycles. The Morgan fingerprint density at radius 3 is 2.73 bits per heavy atom. The summed E-state index contributed by atoms with van der Waals surface area (Å²) in [6.07, 6.45) is 7.76. The number of carbonyl (C=O) groups is 1. The number of pyridine rings is 1. The summed E-state index contributed by atoms with van der Waals surface area (Å²) in [6.45, 7) is 2.99. The molecule has 0 atom stereocenters. The zero-order valence-electron chi connectivity index (χ0n) is 13.3. The van der Waals surface area contributed by atoms with E-state index in [-0.39, 0.29) is 5.91 Å². The minimum atomic E-state index is 0.0986. The summed E-state index contributed by atoms with van der Waals surface area (Å²) in [6, 6.07) is 4.13. The van der Waals surface area contributed by atoms with E-state index in [1.807, 2.05) is 24.1 Å². The number of nitrogens with zero attached hydrogens (tertiary/aromatic N) is 3. The molecule has 5 nitrogen and oxygen atoms in total. The fourth-order valence-corrected chi connectivity index (χ4v) is 3.42. The highest BCUT2D eigenvalue weighted by molar-refractivity contribution is 5.99. The van der Waals surface area contributed by atoms with E-state index in [4.69, 9.17) is 4.74 Å². The van der Waals surface area contributed by atoms with Crippen LogP contribution in [0, 0.1) is 0 Å². The van der Waals surface area contributed by atoms with E-state index in [9.17, 15) is 4.79 Å². The van der Waals surface area contributed by atoms with Crippen molar-refractivity contribution in [1.82, 2.24) is 9.88 Å². The molecular formula is C17H25N3O2. The standard InChI is InChI=1S/C17H25N3O2/c1-19(14-6-3-2-4-7-14)17(21)15-8-5-9-18-16(15)20-10-12-22-13-11-20/h5,8-9,14H,2-4,6-7,10-13H2,1H3. The lowest BCUT2D eigenvalue weighted by Gasteiger charge is -2.33. The molecule has 0 aromatic carbocycles. The molecule has 2 aliphatic rings. The number of rotatable bonds is 3. The Morgan fingerprint density at radius 1 is 1.27 bits per heavy atom. The Labute approximate surface area is 132 Å². The summed E-state index contributed by atoms with van der Waals surface area (Å²) in [5.41, 5.74) is 0.720. The van der Waals surface area contributed by atoms with Crippen LogP contribution in [0.15, 0.2) is 18.3 Å². The summed E-state index contributed by atoms with van der Waals surface area (Å²) in [5, 5.41) is 0. The van der Waals surface area contributed by atoms with Crippen LogP contribution in [-0.4, -0.2) is 55.2 Å². The van der Waals surface area contributed by atoms with Gasteiger partial charge >= 0.3 is 0 Å². The Bertz CT molecular complexity index is 508. The molecule has 1 saturated carbocycles. The molecule has 0 N–H and O–H groups in total. The number of hydrogen-bond acceptors (Lipinski definition) is 4. The molecule has 1 aliphatic carbocycles. The minimum Gasteiger partial charge on any atom is -0.378 e. The topological polar surface area (TPSA) is 45.7 Å². The first-order chi connectivity index (χ1) is 10.8. The first-order valence-corrected chi connectivity index (χ1v) is 8.32. The maximum absolute atomic E-state index is 12.9. The van der Waals surface area contributed by atoms with Gasteiger partial charge in [-0.1, -0.05) is 19.3 Å². The maximum Gasteiger partial charge on any atom is 0.257 e. The van der Waals surface area contributed by atoms with Crippen LogP contribution in [0.3, 0.4) is 0 Å². The van der Waals surface area contributed by atoms with E-state index in [1.54, 1.807) is 6.20 Å². The van der Waals surface area contributed by atoms with Crippen LogP contribution in [-0.2, 0) is 4.74 Å². The van der Waals surface area contributed by atoms with Crippen molar-refractivity contribution in [3.05, 3.63) is 23.9 Å². The van der Waals surface area contributed by atoms with Gasteiger partial charge in [-0.2, -0.15) is 0 Å². The lowest BCUT2D eigenvalue weighted by molar-refractivity contribution is 0.0695. The monoisotopic (exact) mass is 303 g/mol. The molecule has 1 aliphatic heterocycles. The normalized spacial score (nSPS) is 20.0. The van der Waals surface area contributed by atoms with E-state index in [2.05, 4.69) is 9.88 Å². The van der Waals surface area contributed by atoms with Crippen molar-refractivity contribution in [2.45, 2.75) is 38.1 Å². The van der Waals surface area contributed by atoms with Gasteiger partial charge < -0.3 is 14.5 Å². The molecule has 0 bridgehead atoms. The number of amides is 1. The molecule has 2 heterocycles. The van der Waals surface area contributed by atoms with E-state index in [0.29, 0.717) is 19.3 Å². The summed E-state index contributed by atoms with van der Waals surface area (Å²) >= 11 is 0. The van der Waals surface area contributed by atoms with Crippen molar-refractivity contribution in [3.63, 3.8) is 0 Å². The molecule has 1 aromatic heterocycles. The average molecular weight is 303 g/mol. The molecule has 2 fully saturated rings. The number of hydrogen-bond donors (Lipinski definition) is 0. The maximum atomic E-state index is 12.9. The summed E-state index contributed by atoms with van der Waals surface area (Å²) in [7, 11) is 1.94. The van der Waals surface area contributed by atoms with E-state index >= 15 is 0 Å². The van der Waals surface area contributed by atoms with Gasteiger partial charge in [-0.15, -0.1) is 0 Å². The quantitative estimate of drug-likeness (QED) is 0.860. The first kappa shape index (κ1) is 15.3. The molecule has 1 aromatic rings. The fourth-order valence-electron chi connectivity index (χ4n) is 3.42. The first-order valence-electron chi connectivity index (χ1n) is 8.32. The predicted molar refractivity (Wildman–Crippen MR) is 86.2 cm³/mol. The molecule has 0 spiro atoms. The number of morpholine rings is 1. The van der Waals surface area contributed by atoms with Crippen LogP contribution in [0.2, 0.25) is 0 Å². The van der Waals surface area contributed by atoms with Crippen LogP contribution < -0.4 is 4.90 Å². The van der Waals surface area contributed by atoms with Gasteiger partial charge in [0.15, 0.2) is 0 Å². The average Bonchev–Trinajstić information content (AvgIpc) is 2.62. The van der Waals surface area contributed by atoms with Gasteiger partial charge in [0.05, 0.1) is 18.8 Å². The van der Waals surface area contributed by atoms with Gasteiger partial charge in [0.25, 0.3) is 5.91 Å². The molecule has 0 unspecified atom stereocenters. The summed E-state index contributed by atoms with van der Waals surface area (Å²) in [4.78, 5) is 21.5. The molecule has 22 heavy (non-hydrogen) atoms. The minimum absolute atomic E-state index is 0.0986. The van der Waals surface area contributed by atoms with E-state index < -0.39 is 0 Å². The van der Waals surface area contributed by atoms with Gasteiger partial charge in [-0.3, -0.25) is 4.79 Å². The summed E-state index contributed by atoms with van der Waals surface area (Å²) in [5.74, 6) is 0.903. The van der Waals surface area contributed by atoms with Crippen molar-refractivity contribution >= 4 is 11.7 Å². The van der Waals surface area contributed by atoms with Gasteiger partial charge in [0, 0.05) is 32.4 Å². The largest absolute Gasteiger partial charge is 0.378 e. The van der Waals surface area contributed by atoms with Crippen molar-refractivity contribution in [1.29, 1.82) is 0 Å². The third kappa shape index (κ3) is 3.24. The van der Waals surface area contributed by atoms with Crippen molar-refractivity contribution < 1.29 is 9.53 Å². The zero-order chi connectivity index (χ0) is 15.4. The zero-order valence-corrected chi connectivity index (χ0v) is 13.3. The third-order valence-electron chi connectivity index (χ3n) is 4.77. The molecular weight excluding hydrogens is 278 g/mol. The number of anilines is 1. The molecule has 1 amide bonds. The van der Waals surface area contributed by atoms with Crippen molar-refractivity contribution in [2.24, 2.45) is 0 Å². The van der Waals surface area contributed by atoms with Crippen LogP contribution in [0.1, 0.15) is 42.5 Å². The Kier molecular flexibility index (Phi) is 4.93. The highest BCUT2D eigenvalue weighted by Gasteiger charge is 2.26. The second-order valence-corrected chi connectivity index (χ2v) is 6.18. The molecule has 3 rings (SSSR count). The SMILES string of the molecule is CN(C(=O)c1cccnc1N1CCOCC1)C1CCCCC1. The molecule has 120 valence electrons.